The molecule has 0 saturated heterocycles. The molecule has 0 aliphatic rings. The van der Waals surface area contributed by atoms with E-state index in [4.69, 9.17) is 0 Å². The highest BCUT2D eigenvalue weighted by Crippen LogP contribution is 2.23. The zero-order valence-electron chi connectivity index (χ0n) is 10.7. The number of benzene rings is 1. The SMILES string of the molecule is Cc1ccc(C)c(-n2c(C)cc(C=O)c2C)c1. The predicted octanol–water partition coefficient (Wildman–Crippen LogP) is 3.52. The fourth-order valence-electron chi connectivity index (χ4n) is 2.24. The molecule has 1 heterocycles. The Bertz CT molecular complexity index is 579. The minimum absolute atomic E-state index is 0.767. The van der Waals surface area contributed by atoms with Crippen LogP contribution in [0.4, 0.5) is 0 Å². The molecule has 0 spiro atoms. The fraction of sp³-hybridized carbons (Fsp3) is 0.267. The standard InChI is InChI=1S/C15H17NO/c1-10-5-6-11(2)15(7-10)16-12(3)8-14(9-17)13(16)4/h5-9H,1-4H3. The molecule has 2 nitrogen and oxygen atoms in total. The van der Waals surface area contributed by atoms with Crippen molar-refractivity contribution in [3.05, 3.63) is 52.3 Å². The van der Waals surface area contributed by atoms with E-state index in [0.29, 0.717) is 0 Å². The van der Waals surface area contributed by atoms with E-state index in [1.165, 1.54) is 11.1 Å². The van der Waals surface area contributed by atoms with Crippen molar-refractivity contribution < 1.29 is 4.79 Å². The summed E-state index contributed by atoms with van der Waals surface area (Å²) in [5.74, 6) is 0. The smallest absolute Gasteiger partial charge is 0.151 e. The van der Waals surface area contributed by atoms with E-state index in [-0.39, 0.29) is 0 Å². The Balaban J connectivity index is 2.72. The average molecular weight is 227 g/mol. The largest absolute Gasteiger partial charge is 0.318 e. The number of hydrogen-bond donors (Lipinski definition) is 0. The molecule has 0 bridgehead atoms. The topological polar surface area (TPSA) is 22.0 Å². The molecule has 0 aliphatic heterocycles. The van der Waals surface area contributed by atoms with Gasteiger partial charge in [-0.1, -0.05) is 12.1 Å². The maximum absolute atomic E-state index is 11.0. The second kappa shape index (κ2) is 4.21. The minimum atomic E-state index is 0.767. The van der Waals surface area contributed by atoms with Crippen LogP contribution in [0, 0.1) is 27.7 Å². The van der Waals surface area contributed by atoms with Crippen LogP contribution in [0.5, 0.6) is 0 Å². The third-order valence-corrected chi connectivity index (χ3v) is 3.20. The molecule has 0 N–H and O–H groups in total. The molecule has 0 aliphatic carbocycles. The van der Waals surface area contributed by atoms with Gasteiger partial charge in [-0.15, -0.1) is 0 Å². The van der Waals surface area contributed by atoms with Gasteiger partial charge < -0.3 is 4.57 Å². The maximum atomic E-state index is 11.0. The highest BCUT2D eigenvalue weighted by molar-refractivity contribution is 5.77. The van der Waals surface area contributed by atoms with E-state index in [2.05, 4.69) is 36.6 Å². The van der Waals surface area contributed by atoms with Crippen LogP contribution in [0.2, 0.25) is 0 Å². The summed E-state index contributed by atoms with van der Waals surface area (Å²) in [6, 6.07) is 8.31. The molecule has 1 aromatic carbocycles. The van der Waals surface area contributed by atoms with E-state index >= 15 is 0 Å². The molecule has 2 aromatic rings. The summed E-state index contributed by atoms with van der Waals surface area (Å²) in [4.78, 5) is 11.0. The van der Waals surface area contributed by atoms with Gasteiger partial charge in [-0.25, -0.2) is 0 Å². The summed E-state index contributed by atoms with van der Waals surface area (Å²) < 4.78 is 2.14. The molecule has 0 saturated carbocycles. The monoisotopic (exact) mass is 227 g/mol. The van der Waals surface area contributed by atoms with Crippen molar-refractivity contribution in [2.75, 3.05) is 0 Å². The molecule has 2 heteroatoms. The third-order valence-electron chi connectivity index (χ3n) is 3.20. The van der Waals surface area contributed by atoms with E-state index in [1.54, 1.807) is 0 Å². The van der Waals surface area contributed by atoms with Crippen LogP contribution < -0.4 is 0 Å². The average Bonchev–Trinajstić information content (AvgIpc) is 2.58. The van der Waals surface area contributed by atoms with Gasteiger partial charge in [-0.05, 0) is 51.0 Å². The number of rotatable bonds is 2. The third kappa shape index (κ3) is 1.91. The Morgan fingerprint density at radius 1 is 1.06 bits per heavy atom. The lowest BCUT2D eigenvalue weighted by atomic mass is 10.1. The first kappa shape index (κ1) is 11.6. The Morgan fingerprint density at radius 3 is 2.35 bits per heavy atom. The maximum Gasteiger partial charge on any atom is 0.151 e. The number of carbonyl (C=O) groups is 1. The molecule has 0 fully saturated rings. The Kier molecular flexibility index (Phi) is 2.88. The van der Waals surface area contributed by atoms with Crippen LogP contribution in [-0.4, -0.2) is 10.9 Å². The first-order valence-electron chi connectivity index (χ1n) is 5.76. The minimum Gasteiger partial charge on any atom is -0.318 e. The molecule has 17 heavy (non-hydrogen) atoms. The molecule has 0 atom stereocenters. The molecular weight excluding hydrogens is 210 g/mol. The molecule has 0 unspecified atom stereocenters. The Morgan fingerprint density at radius 2 is 1.76 bits per heavy atom. The van der Waals surface area contributed by atoms with Crippen molar-refractivity contribution in [1.82, 2.24) is 4.57 Å². The van der Waals surface area contributed by atoms with Crippen molar-refractivity contribution in [2.24, 2.45) is 0 Å². The summed E-state index contributed by atoms with van der Waals surface area (Å²) in [6.45, 7) is 8.19. The van der Waals surface area contributed by atoms with Gasteiger partial charge in [-0.2, -0.15) is 0 Å². The molecule has 1 aromatic heterocycles. The van der Waals surface area contributed by atoms with Crippen molar-refractivity contribution in [3.63, 3.8) is 0 Å². The quantitative estimate of drug-likeness (QED) is 0.719. The zero-order valence-corrected chi connectivity index (χ0v) is 10.7. The van der Waals surface area contributed by atoms with Gasteiger partial charge in [0.1, 0.15) is 0 Å². The van der Waals surface area contributed by atoms with Crippen LogP contribution in [0.1, 0.15) is 32.9 Å². The van der Waals surface area contributed by atoms with Gasteiger partial charge in [0.05, 0.1) is 0 Å². The summed E-state index contributed by atoms with van der Waals surface area (Å²) in [5.41, 5.74) is 6.47. The van der Waals surface area contributed by atoms with Crippen molar-refractivity contribution in [1.29, 1.82) is 0 Å². The van der Waals surface area contributed by atoms with Crippen LogP contribution >= 0.6 is 0 Å². The van der Waals surface area contributed by atoms with E-state index in [9.17, 15) is 4.79 Å². The number of aromatic nitrogens is 1. The molecule has 88 valence electrons. The van der Waals surface area contributed by atoms with Crippen molar-refractivity contribution in [2.45, 2.75) is 27.7 Å². The lowest BCUT2D eigenvalue weighted by Crippen LogP contribution is -2.02. The van der Waals surface area contributed by atoms with Crippen molar-refractivity contribution >= 4 is 6.29 Å². The second-order valence-corrected chi connectivity index (χ2v) is 4.57. The molecule has 0 radical (unpaired) electrons. The lowest BCUT2D eigenvalue weighted by Gasteiger charge is -2.13. The van der Waals surface area contributed by atoms with Crippen LogP contribution in [-0.2, 0) is 0 Å². The highest BCUT2D eigenvalue weighted by atomic mass is 16.1. The first-order chi connectivity index (χ1) is 8.04. The highest BCUT2D eigenvalue weighted by Gasteiger charge is 2.11. The van der Waals surface area contributed by atoms with E-state index in [0.717, 1.165) is 28.9 Å². The fourth-order valence-corrected chi connectivity index (χ4v) is 2.24. The van der Waals surface area contributed by atoms with Crippen LogP contribution in [0.25, 0.3) is 5.69 Å². The second-order valence-electron chi connectivity index (χ2n) is 4.57. The van der Waals surface area contributed by atoms with Gasteiger partial charge in [0.15, 0.2) is 6.29 Å². The molecule has 2 rings (SSSR count). The van der Waals surface area contributed by atoms with Gasteiger partial charge in [0.2, 0.25) is 0 Å². The van der Waals surface area contributed by atoms with Gasteiger partial charge in [0, 0.05) is 22.6 Å². The summed E-state index contributed by atoms with van der Waals surface area (Å²) >= 11 is 0. The number of hydrogen-bond acceptors (Lipinski definition) is 1. The van der Waals surface area contributed by atoms with E-state index in [1.807, 2.05) is 19.9 Å². The normalized spacial score (nSPS) is 10.6. The Hall–Kier alpha value is -1.83. The number of aldehydes is 1. The zero-order chi connectivity index (χ0) is 12.6. The molecule has 0 amide bonds. The van der Waals surface area contributed by atoms with Crippen LogP contribution in [0.3, 0.4) is 0 Å². The number of nitrogens with zero attached hydrogens (tertiary/aromatic N) is 1. The van der Waals surface area contributed by atoms with Gasteiger partial charge in [-0.3, -0.25) is 4.79 Å². The molecular formula is C15H17NO. The Labute approximate surface area is 102 Å². The van der Waals surface area contributed by atoms with Gasteiger partial charge >= 0.3 is 0 Å². The number of aryl methyl sites for hydroxylation is 3. The van der Waals surface area contributed by atoms with E-state index < -0.39 is 0 Å². The van der Waals surface area contributed by atoms with Crippen LogP contribution in [0.15, 0.2) is 24.3 Å². The van der Waals surface area contributed by atoms with Crippen molar-refractivity contribution in [3.8, 4) is 5.69 Å². The summed E-state index contributed by atoms with van der Waals surface area (Å²) in [7, 11) is 0. The first-order valence-corrected chi connectivity index (χ1v) is 5.76. The van der Waals surface area contributed by atoms with Gasteiger partial charge in [0.25, 0.3) is 0 Å². The summed E-state index contributed by atoms with van der Waals surface area (Å²) in [6.07, 6.45) is 0.921. The number of carbonyl (C=O) groups excluding carboxylic acids is 1. The predicted molar refractivity (Wildman–Crippen MR) is 70.1 cm³/mol. The summed E-state index contributed by atoms with van der Waals surface area (Å²) in [5, 5.41) is 0. The lowest BCUT2D eigenvalue weighted by molar-refractivity contribution is 0.112.